The van der Waals surface area contributed by atoms with Gasteiger partial charge in [0.05, 0.1) is 27.8 Å². The molecule has 0 atom stereocenters. The zero-order valence-corrected chi connectivity index (χ0v) is 29.5. The Balaban J connectivity index is 1.10. The molecule has 0 unspecified atom stereocenters. The first kappa shape index (κ1) is 30.5. The van der Waals surface area contributed by atoms with Crippen LogP contribution in [0, 0.1) is 0 Å². The quantitative estimate of drug-likeness (QED) is 0.171. The molecule has 11 rings (SSSR count). The Morgan fingerprint density at radius 1 is 0.241 bits per heavy atom. The molecule has 0 spiro atoms. The van der Waals surface area contributed by atoms with Crippen molar-refractivity contribution in [3.8, 4) is 44.8 Å². The van der Waals surface area contributed by atoms with Crippen molar-refractivity contribution >= 4 is 54.4 Å². The summed E-state index contributed by atoms with van der Waals surface area (Å²) < 4.78 is 4.86. The van der Waals surface area contributed by atoms with Crippen molar-refractivity contribution in [3.05, 3.63) is 206 Å². The van der Waals surface area contributed by atoms with E-state index in [0.29, 0.717) is 0 Å². The topological polar surface area (TPSA) is 9.86 Å². The van der Waals surface area contributed by atoms with Crippen molar-refractivity contribution in [3.63, 3.8) is 0 Å². The fraction of sp³-hybridized carbons (Fsp3) is 0. The van der Waals surface area contributed by atoms with E-state index in [1.165, 1.54) is 93.5 Å². The van der Waals surface area contributed by atoms with Crippen LogP contribution in [0.3, 0.4) is 0 Å². The zero-order chi connectivity index (χ0) is 35.6. The van der Waals surface area contributed by atoms with E-state index in [9.17, 15) is 0 Å². The van der Waals surface area contributed by atoms with Crippen LogP contribution in [0.15, 0.2) is 206 Å². The van der Waals surface area contributed by atoms with Gasteiger partial charge in [0.2, 0.25) is 0 Å². The SMILES string of the molecule is c1ccc(-c2ccc(-n3c4ccc(-c5ccc6c(c5)c5ccccc5n6-c5cccc6ccccc56)cc4c4ccc(-c5ccccc5)cc43)cc2)cc1. The predicted molar refractivity (Wildman–Crippen MR) is 229 cm³/mol. The van der Waals surface area contributed by atoms with Gasteiger partial charge in [-0.1, -0.05) is 152 Å². The molecule has 0 saturated carbocycles. The molecule has 0 aliphatic rings. The number of fused-ring (bicyclic) bond motifs is 7. The summed E-state index contributed by atoms with van der Waals surface area (Å²) in [4.78, 5) is 0. The zero-order valence-electron chi connectivity index (χ0n) is 29.5. The molecule has 0 N–H and O–H groups in total. The highest BCUT2D eigenvalue weighted by Crippen LogP contribution is 2.40. The lowest BCUT2D eigenvalue weighted by Crippen LogP contribution is -1.95. The fourth-order valence-electron chi connectivity index (χ4n) is 8.54. The van der Waals surface area contributed by atoms with Crippen LogP contribution in [0.2, 0.25) is 0 Å². The van der Waals surface area contributed by atoms with E-state index < -0.39 is 0 Å². The smallest absolute Gasteiger partial charge is 0.0547 e. The van der Waals surface area contributed by atoms with E-state index in [1.54, 1.807) is 0 Å². The van der Waals surface area contributed by atoms with E-state index in [4.69, 9.17) is 0 Å². The van der Waals surface area contributed by atoms with Crippen LogP contribution >= 0.6 is 0 Å². The van der Waals surface area contributed by atoms with Crippen LogP contribution in [0.25, 0.3) is 99.1 Å². The van der Waals surface area contributed by atoms with Crippen molar-refractivity contribution in [2.24, 2.45) is 0 Å². The minimum Gasteiger partial charge on any atom is -0.309 e. The minimum absolute atomic E-state index is 1.15. The summed E-state index contributed by atoms with van der Waals surface area (Å²) >= 11 is 0. The lowest BCUT2D eigenvalue weighted by atomic mass is 9.99. The Morgan fingerprint density at radius 2 is 0.722 bits per heavy atom. The van der Waals surface area contributed by atoms with Crippen LogP contribution in [-0.4, -0.2) is 9.13 Å². The fourth-order valence-corrected chi connectivity index (χ4v) is 8.54. The Labute approximate surface area is 313 Å². The van der Waals surface area contributed by atoms with Gasteiger partial charge >= 0.3 is 0 Å². The lowest BCUT2D eigenvalue weighted by Gasteiger charge is -2.12. The summed E-state index contributed by atoms with van der Waals surface area (Å²) in [6.45, 7) is 0. The van der Waals surface area contributed by atoms with Gasteiger partial charge < -0.3 is 9.13 Å². The summed E-state index contributed by atoms with van der Waals surface area (Å²) in [6.07, 6.45) is 0. The van der Waals surface area contributed by atoms with E-state index >= 15 is 0 Å². The Hall–Kier alpha value is -7.16. The Bertz CT molecular complexity index is 3180. The second-order valence-corrected chi connectivity index (χ2v) is 14.2. The van der Waals surface area contributed by atoms with Gasteiger partial charge in [-0.3, -0.25) is 0 Å². The molecule has 0 bridgehead atoms. The molecule has 0 amide bonds. The van der Waals surface area contributed by atoms with Crippen molar-refractivity contribution in [1.82, 2.24) is 9.13 Å². The maximum atomic E-state index is 2.43. The molecule has 0 fully saturated rings. The first-order valence-electron chi connectivity index (χ1n) is 18.6. The highest BCUT2D eigenvalue weighted by molar-refractivity contribution is 6.14. The number of para-hydroxylation sites is 1. The predicted octanol–water partition coefficient (Wildman–Crippen LogP) is 14.0. The van der Waals surface area contributed by atoms with E-state index in [-0.39, 0.29) is 0 Å². The molecule has 9 aromatic carbocycles. The molecule has 0 aliphatic heterocycles. The maximum absolute atomic E-state index is 2.43. The third-order valence-electron chi connectivity index (χ3n) is 11.1. The standard InChI is InChI=1S/C52H34N2/c1-3-12-35(13-4-1)37-22-27-42(28-23-37)53-50-30-25-39(33-47(50)45-29-24-41(34-52(45)53)36-14-5-2-6-15-36)40-26-31-51-46(32-40)44-19-9-10-20-49(44)54(51)48-21-11-17-38-16-7-8-18-43(38)48/h1-34H. The average Bonchev–Trinajstić information content (AvgIpc) is 3.76. The molecule has 11 aromatic rings. The van der Waals surface area contributed by atoms with E-state index in [0.717, 1.165) is 5.69 Å². The number of aromatic nitrogens is 2. The van der Waals surface area contributed by atoms with Crippen LogP contribution in [0.1, 0.15) is 0 Å². The number of hydrogen-bond acceptors (Lipinski definition) is 0. The molecule has 0 radical (unpaired) electrons. The molecule has 252 valence electrons. The summed E-state index contributed by atoms with van der Waals surface area (Å²) in [5, 5.41) is 7.49. The third-order valence-corrected chi connectivity index (χ3v) is 11.1. The highest BCUT2D eigenvalue weighted by Gasteiger charge is 2.18. The molecule has 2 nitrogen and oxygen atoms in total. The van der Waals surface area contributed by atoms with Gasteiger partial charge in [-0.15, -0.1) is 0 Å². The monoisotopic (exact) mass is 686 g/mol. The summed E-state index contributed by atoms with van der Waals surface area (Å²) in [5.41, 5.74) is 14.4. The van der Waals surface area contributed by atoms with Gasteiger partial charge in [0.1, 0.15) is 0 Å². The second kappa shape index (κ2) is 12.2. The van der Waals surface area contributed by atoms with E-state index in [2.05, 4.69) is 215 Å². The van der Waals surface area contributed by atoms with Crippen molar-refractivity contribution in [2.45, 2.75) is 0 Å². The van der Waals surface area contributed by atoms with Gasteiger partial charge in [0.25, 0.3) is 0 Å². The molecule has 0 saturated heterocycles. The molecular formula is C52H34N2. The van der Waals surface area contributed by atoms with Crippen LogP contribution in [0.4, 0.5) is 0 Å². The minimum atomic E-state index is 1.15. The van der Waals surface area contributed by atoms with Crippen molar-refractivity contribution in [2.75, 3.05) is 0 Å². The number of hydrogen-bond donors (Lipinski definition) is 0. The summed E-state index contributed by atoms with van der Waals surface area (Å²) in [7, 11) is 0. The van der Waals surface area contributed by atoms with Crippen LogP contribution < -0.4 is 0 Å². The number of benzene rings is 9. The maximum Gasteiger partial charge on any atom is 0.0547 e. The van der Waals surface area contributed by atoms with E-state index in [1.807, 2.05) is 0 Å². The molecule has 2 aromatic heterocycles. The Kier molecular flexibility index (Phi) is 6.90. The van der Waals surface area contributed by atoms with Gasteiger partial charge in [-0.05, 0) is 93.4 Å². The number of rotatable bonds is 5. The first-order valence-corrected chi connectivity index (χ1v) is 18.6. The Morgan fingerprint density at radius 3 is 1.44 bits per heavy atom. The largest absolute Gasteiger partial charge is 0.309 e. The number of nitrogens with zero attached hydrogens (tertiary/aromatic N) is 2. The van der Waals surface area contributed by atoms with Crippen molar-refractivity contribution in [1.29, 1.82) is 0 Å². The van der Waals surface area contributed by atoms with Crippen molar-refractivity contribution < 1.29 is 0 Å². The van der Waals surface area contributed by atoms with Gasteiger partial charge in [-0.2, -0.15) is 0 Å². The molecule has 54 heavy (non-hydrogen) atoms. The van der Waals surface area contributed by atoms with Gasteiger partial charge in [0.15, 0.2) is 0 Å². The van der Waals surface area contributed by atoms with Gasteiger partial charge in [-0.25, -0.2) is 0 Å². The third kappa shape index (κ3) is 4.81. The molecule has 2 heterocycles. The second-order valence-electron chi connectivity index (χ2n) is 14.2. The molecule has 0 aliphatic carbocycles. The lowest BCUT2D eigenvalue weighted by molar-refractivity contribution is 1.18. The van der Waals surface area contributed by atoms with Gasteiger partial charge in [0, 0.05) is 32.6 Å². The highest BCUT2D eigenvalue weighted by atomic mass is 15.0. The van der Waals surface area contributed by atoms with Crippen LogP contribution in [-0.2, 0) is 0 Å². The summed E-state index contributed by atoms with van der Waals surface area (Å²) in [6, 6.07) is 75.2. The van der Waals surface area contributed by atoms with Crippen LogP contribution in [0.5, 0.6) is 0 Å². The normalized spacial score (nSPS) is 11.7. The summed E-state index contributed by atoms with van der Waals surface area (Å²) in [5.74, 6) is 0. The molecular weight excluding hydrogens is 653 g/mol. The molecule has 2 heteroatoms. The average molecular weight is 687 g/mol. The first-order chi connectivity index (χ1) is 26.8.